The van der Waals surface area contributed by atoms with Crippen molar-refractivity contribution >= 4 is 11.4 Å². The van der Waals surface area contributed by atoms with Crippen LogP contribution in [0.15, 0.2) is 54.6 Å². The first kappa shape index (κ1) is 20.4. The van der Waals surface area contributed by atoms with E-state index in [1.165, 1.54) is 6.07 Å². The van der Waals surface area contributed by atoms with E-state index in [2.05, 4.69) is 0 Å². The summed E-state index contributed by atoms with van der Waals surface area (Å²) in [7, 11) is 0. The van der Waals surface area contributed by atoms with Gasteiger partial charge in [0.2, 0.25) is 11.8 Å². The minimum Gasteiger partial charge on any atom is -0.420 e. The van der Waals surface area contributed by atoms with E-state index in [4.69, 9.17) is 20.6 Å². The zero-order chi connectivity index (χ0) is 23.4. The molecule has 8 nitrogen and oxygen atoms in total. The Kier molecular flexibility index (Phi) is 4.62. The molecule has 0 spiro atoms. The first-order chi connectivity index (χ1) is 16.5. The molecule has 2 N–H and O–H groups in total. The van der Waals surface area contributed by atoms with Crippen molar-refractivity contribution in [3.05, 3.63) is 98.4 Å². The molecule has 3 heterocycles. The molecule has 34 heavy (non-hydrogen) atoms. The van der Waals surface area contributed by atoms with Gasteiger partial charge in [0.15, 0.2) is 0 Å². The number of nitrogens with two attached hydrogens (primary N) is 1. The maximum Gasteiger partial charge on any atom is 0.269 e. The van der Waals surface area contributed by atoms with Gasteiger partial charge in [-0.25, -0.2) is 9.67 Å². The molecular formula is C26H23N5O3. The highest BCUT2D eigenvalue weighted by Gasteiger charge is 2.39. The van der Waals surface area contributed by atoms with Crippen LogP contribution >= 0.6 is 0 Å². The molecule has 2 aromatic carbocycles. The molecule has 0 radical (unpaired) electrons. The minimum absolute atomic E-state index is 0.0321. The maximum atomic E-state index is 11.6. The number of aryl methyl sites for hydroxylation is 2. The van der Waals surface area contributed by atoms with Crippen molar-refractivity contribution in [2.24, 2.45) is 0 Å². The molecular weight excluding hydrogens is 430 g/mol. The molecule has 1 unspecified atom stereocenters. The molecule has 0 saturated carbocycles. The van der Waals surface area contributed by atoms with Crippen molar-refractivity contribution < 1.29 is 9.66 Å². The topological polar surface area (TPSA) is 109 Å². The summed E-state index contributed by atoms with van der Waals surface area (Å²) in [6.45, 7) is 1.93. The Morgan fingerprint density at radius 1 is 1.09 bits per heavy atom. The normalized spacial score (nSPS) is 16.2. The van der Waals surface area contributed by atoms with Gasteiger partial charge in [0.05, 0.1) is 21.9 Å². The number of aromatic nitrogens is 3. The molecule has 1 aliphatic carbocycles. The molecule has 170 valence electrons. The number of anilines is 1. The third-order valence-corrected chi connectivity index (χ3v) is 6.77. The number of ether oxygens (including phenoxy) is 1. The van der Waals surface area contributed by atoms with Crippen molar-refractivity contribution in [2.45, 2.75) is 38.5 Å². The fourth-order valence-electron chi connectivity index (χ4n) is 5.20. The predicted molar refractivity (Wildman–Crippen MR) is 128 cm³/mol. The SMILES string of the molecule is Cc1nn(-c2ccccc2)c2c1C(c1cccc([N+](=O)[O-])c1)c1c(nc3c(c1N)CCCC3)O2. The number of benzene rings is 2. The number of hydrogen-bond acceptors (Lipinski definition) is 6. The molecule has 8 heteroatoms. The number of fused-ring (bicyclic) bond motifs is 3. The van der Waals surface area contributed by atoms with Crippen LogP contribution in [0.2, 0.25) is 0 Å². The number of nitro benzene ring substituents is 1. The van der Waals surface area contributed by atoms with Gasteiger partial charge >= 0.3 is 0 Å². The average Bonchev–Trinajstić information content (AvgIpc) is 3.19. The Morgan fingerprint density at radius 3 is 2.68 bits per heavy atom. The molecule has 6 rings (SSSR count). The summed E-state index contributed by atoms with van der Waals surface area (Å²) >= 11 is 0. The lowest BCUT2D eigenvalue weighted by atomic mass is 9.81. The van der Waals surface area contributed by atoms with Crippen LogP contribution in [0.3, 0.4) is 0 Å². The predicted octanol–water partition coefficient (Wildman–Crippen LogP) is 5.23. The number of pyridine rings is 1. The number of nitrogens with zero attached hydrogens (tertiary/aromatic N) is 4. The number of para-hydroxylation sites is 1. The Bertz CT molecular complexity index is 1440. The number of rotatable bonds is 3. The number of non-ortho nitro benzene ring substituents is 1. The van der Waals surface area contributed by atoms with Crippen LogP contribution in [0.25, 0.3) is 5.69 Å². The molecule has 0 amide bonds. The van der Waals surface area contributed by atoms with Crippen molar-refractivity contribution in [1.82, 2.24) is 14.8 Å². The second-order valence-electron chi connectivity index (χ2n) is 8.82. The quantitative estimate of drug-likeness (QED) is 0.296. The molecule has 2 aliphatic rings. The van der Waals surface area contributed by atoms with Crippen molar-refractivity contribution in [2.75, 3.05) is 5.73 Å². The summed E-state index contributed by atoms with van der Waals surface area (Å²) in [5.74, 6) is 0.644. The number of hydrogen-bond donors (Lipinski definition) is 1. The maximum absolute atomic E-state index is 11.6. The van der Waals surface area contributed by atoms with Gasteiger partial charge in [-0.15, -0.1) is 0 Å². The van der Waals surface area contributed by atoms with Gasteiger partial charge in [-0.2, -0.15) is 5.10 Å². The van der Waals surface area contributed by atoms with E-state index in [9.17, 15) is 10.1 Å². The van der Waals surface area contributed by atoms with Gasteiger partial charge in [-0.05, 0) is 55.9 Å². The van der Waals surface area contributed by atoms with Crippen molar-refractivity contribution in [3.63, 3.8) is 0 Å². The average molecular weight is 454 g/mol. The Balaban J connectivity index is 1.64. The molecule has 0 fully saturated rings. The lowest BCUT2D eigenvalue weighted by Gasteiger charge is -2.30. The Labute approximate surface area is 196 Å². The van der Waals surface area contributed by atoms with Crippen molar-refractivity contribution in [3.8, 4) is 17.4 Å². The van der Waals surface area contributed by atoms with Gasteiger partial charge in [-0.1, -0.05) is 30.3 Å². The fourth-order valence-corrected chi connectivity index (χ4v) is 5.20. The molecule has 0 bridgehead atoms. The first-order valence-corrected chi connectivity index (χ1v) is 11.4. The molecule has 2 aromatic heterocycles. The fraction of sp³-hybridized carbons (Fsp3) is 0.231. The van der Waals surface area contributed by atoms with Crippen LogP contribution in [-0.2, 0) is 12.8 Å². The largest absolute Gasteiger partial charge is 0.420 e. The number of nitro groups is 1. The van der Waals surface area contributed by atoms with Crippen LogP contribution in [0.5, 0.6) is 11.8 Å². The second-order valence-corrected chi connectivity index (χ2v) is 8.82. The van der Waals surface area contributed by atoms with Gasteiger partial charge < -0.3 is 10.5 Å². The zero-order valence-corrected chi connectivity index (χ0v) is 18.7. The summed E-state index contributed by atoms with van der Waals surface area (Å²) in [6, 6.07) is 16.5. The third-order valence-electron chi connectivity index (χ3n) is 6.77. The van der Waals surface area contributed by atoms with E-state index in [1.807, 2.05) is 43.3 Å². The summed E-state index contributed by atoms with van der Waals surface area (Å²) < 4.78 is 8.21. The van der Waals surface area contributed by atoms with Crippen LogP contribution < -0.4 is 10.5 Å². The van der Waals surface area contributed by atoms with Crippen molar-refractivity contribution in [1.29, 1.82) is 0 Å². The third kappa shape index (κ3) is 3.06. The van der Waals surface area contributed by atoms with E-state index in [0.29, 0.717) is 17.4 Å². The van der Waals surface area contributed by atoms with Gasteiger partial charge in [0, 0.05) is 35.0 Å². The van der Waals surface area contributed by atoms with Crippen LogP contribution in [0, 0.1) is 17.0 Å². The monoisotopic (exact) mass is 453 g/mol. The highest BCUT2D eigenvalue weighted by atomic mass is 16.6. The summed E-state index contributed by atoms with van der Waals surface area (Å²) in [4.78, 5) is 16.1. The van der Waals surface area contributed by atoms with E-state index in [0.717, 1.165) is 65.0 Å². The Hall–Kier alpha value is -4.20. The summed E-state index contributed by atoms with van der Waals surface area (Å²) in [5.41, 5.74) is 13.6. The van der Waals surface area contributed by atoms with Crippen LogP contribution in [0.4, 0.5) is 11.4 Å². The first-order valence-electron chi connectivity index (χ1n) is 11.4. The molecule has 1 atom stereocenters. The summed E-state index contributed by atoms with van der Waals surface area (Å²) in [6.07, 6.45) is 3.87. The Morgan fingerprint density at radius 2 is 1.88 bits per heavy atom. The van der Waals surface area contributed by atoms with Crippen LogP contribution in [0.1, 0.15) is 52.4 Å². The number of nitrogen functional groups attached to an aromatic ring is 1. The van der Waals surface area contributed by atoms with Gasteiger partial charge in [0.25, 0.3) is 5.69 Å². The molecule has 4 aromatic rings. The zero-order valence-electron chi connectivity index (χ0n) is 18.7. The highest BCUT2D eigenvalue weighted by molar-refractivity contribution is 5.70. The van der Waals surface area contributed by atoms with E-state index in [1.54, 1.807) is 16.8 Å². The van der Waals surface area contributed by atoms with Gasteiger partial charge in [-0.3, -0.25) is 10.1 Å². The lowest BCUT2D eigenvalue weighted by Crippen LogP contribution is -2.20. The highest BCUT2D eigenvalue weighted by Crippen LogP contribution is 2.52. The van der Waals surface area contributed by atoms with E-state index >= 15 is 0 Å². The minimum atomic E-state index is -0.379. The molecule has 1 aliphatic heterocycles. The smallest absolute Gasteiger partial charge is 0.269 e. The summed E-state index contributed by atoms with van der Waals surface area (Å²) in [5, 5.41) is 16.4. The van der Waals surface area contributed by atoms with Crippen LogP contribution in [-0.4, -0.2) is 19.7 Å². The van der Waals surface area contributed by atoms with E-state index in [-0.39, 0.29) is 16.5 Å². The standard InChI is InChI=1S/C26H23N5O3/c1-15-21-22(16-8-7-11-18(14-16)31(32)33)23-24(27)19-12-5-6-13-20(19)28-25(23)34-26(21)30(29-15)17-9-3-2-4-10-17/h2-4,7-11,14,22H,5-6,12-13H2,1H3,(H2,27,28). The van der Waals surface area contributed by atoms with E-state index < -0.39 is 0 Å². The second kappa shape index (κ2) is 7.69. The van der Waals surface area contributed by atoms with Gasteiger partial charge in [0.1, 0.15) is 0 Å². The molecule has 0 saturated heterocycles. The lowest BCUT2D eigenvalue weighted by molar-refractivity contribution is -0.384.